The first-order valence-electron chi connectivity index (χ1n) is 13.0. The molecule has 0 aromatic heterocycles. The monoisotopic (exact) mass is 451 g/mol. The van der Waals surface area contributed by atoms with E-state index in [1.807, 2.05) is 0 Å². The fourth-order valence-electron chi connectivity index (χ4n) is 7.80. The van der Waals surface area contributed by atoms with Crippen molar-refractivity contribution >= 4 is 0 Å². The van der Waals surface area contributed by atoms with Crippen molar-refractivity contribution in [1.82, 2.24) is 4.90 Å². The normalized spacial score (nSPS) is 40.8. The third-order valence-electron chi connectivity index (χ3n) is 9.23. The van der Waals surface area contributed by atoms with Crippen LogP contribution in [-0.2, 0) is 0 Å². The zero-order chi connectivity index (χ0) is 22.9. The molecule has 3 aliphatic carbocycles. The van der Waals surface area contributed by atoms with Gasteiger partial charge in [0.25, 0.3) is 0 Å². The van der Waals surface area contributed by atoms with Gasteiger partial charge < -0.3 is 15.1 Å². The molecule has 4 aliphatic rings. The number of likely N-dealkylation sites (tertiary alicyclic amines) is 1. The number of nitrogens with zero attached hydrogens (tertiary/aromatic N) is 1. The fraction of sp³-hybridized carbons (Fsp3) is 0.852. The molecule has 5 heteroatoms. The van der Waals surface area contributed by atoms with Crippen LogP contribution in [0.15, 0.2) is 23.3 Å². The number of rotatable bonds is 6. The Morgan fingerprint density at radius 2 is 1.88 bits per heavy atom. The minimum Gasteiger partial charge on any atom is -0.393 e. The Kier molecular flexibility index (Phi) is 7.78. The van der Waals surface area contributed by atoms with E-state index in [0.717, 1.165) is 32.5 Å². The van der Waals surface area contributed by atoms with Gasteiger partial charge >= 0.3 is 0 Å². The molecule has 3 nitrogen and oxygen atoms in total. The van der Waals surface area contributed by atoms with Gasteiger partial charge in [0.1, 0.15) is 0 Å². The van der Waals surface area contributed by atoms with Crippen molar-refractivity contribution in [2.45, 2.75) is 96.7 Å². The van der Waals surface area contributed by atoms with Gasteiger partial charge in [0.15, 0.2) is 0 Å². The van der Waals surface area contributed by atoms with E-state index >= 15 is 0 Å². The van der Waals surface area contributed by atoms with Crippen molar-refractivity contribution in [3.63, 3.8) is 0 Å². The summed E-state index contributed by atoms with van der Waals surface area (Å²) in [5.41, 5.74) is 3.07. The first-order valence-corrected chi connectivity index (χ1v) is 13.0. The molecular weight excluding hydrogens is 408 g/mol. The van der Waals surface area contributed by atoms with E-state index in [4.69, 9.17) is 0 Å². The van der Waals surface area contributed by atoms with Crippen molar-refractivity contribution in [1.29, 1.82) is 0 Å². The lowest BCUT2D eigenvalue weighted by Gasteiger charge is -2.45. The molecular formula is C27H43F2NO2. The molecule has 1 aliphatic heterocycles. The summed E-state index contributed by atoms with van der Waals surface area (Å²) in [6, 6.07) is 0. The molecule has 1 saturated heterocycles. The van der Waals surface area contributed by atoms with Crippen molar-refractivity contribution < 1.29 is 19.0 Å². The van der Waals surface area contributed by atoms with Crippen LogP contribution in [0.5, 0.6) is 0 Å². The maximum absolute atomic E-state index is 12.8. The molecule has 1 heterocycles. The SMILES string of the molecule is CC(CN1CCC(CC(F)F)C1)[C@H]1CC[C@H]2C(=CC=C3C[C@@H](O)C[C@H](O)C3)CCC[C@]12C. The molecule has 0 aromatic rings. The Hall–Kier alpha value is -0.780. The molecule has 182 valence electrons. The average molecular weight is 452 g/mol. The van der Waals surface area contributed by atoms with E-state index in [0.29, 0.717) is 42.4 Å². The summed E-state index contributed by atoms with van der Waals surface area (Å²) in [6.07, 6.45) is 10.6. The zero-order valence-electron chi connectivity index (χ0n) is 20.0. The van der Waals surface area contributed by atoms with Gasteiger partial charge in [0, 0.05) is 19.5 Å². The maximum Gasteiger partial charge on any atom is 0.238 e. The third-order valence-corrected chi connectivity index (χ3v) is 9.23. The van der Waals surface area contributed by atoms with E-state index < -0.39 is 18.6 Å². The van der Waals surface area contributed by atoms with Crippen LogP contribution in [0.2, 0.25) is 0 Å². The molecule has 0 bridgehead atoms. The van der Waals surface area contributed by atoms with E-state index in [1.54, 1.807) is 5.57 Å². The number of aliphatic hydroxyl groups is 2. The predicted octanol–water partition coefficient (Wildman–Crippen LogP) is 5.57. The van der Waals surface area contributed by atoms with Gasteiger partial charge in [-0.25, -0.2) is 8.78 Å². The van der Waals surface area contributed by atoms with Crippen LogP contribution in [0.4, 0.5) is 8.78 Å². The number of hydrogen-bond acceptors (Lipinski definition) is 3. The lowest BCUT2D eigenvalue weighted by Crippen LogP contribution is -2.39. The minimum atomic E-state index is -2.17. The van der Waals surface area contributed by atoms with Crippen LogP contribution in [-0.4, -0.2) is 53.4 Å². The molecule has 3 saturated carbocycles. The third kappa shape index (κ3) is 5.47. The first kappa shape index (κ1) is 24.3. The molecule has 32 heavy (non-hydrogen) atoms. The van der Waals surface area contributed by atoms with E-state index in [-0.39, 0.29) is 12.3 Å². The van der Waals surface area contributed by atoms with Crippen molar-refractivity contribution in [2.24, 2.45) is 29.1 Å². The summed E-state index contributed by atoms with van der Waals surface area (Å²) in [6.45, 7) is 7.77. The summed E-state index contributed by atoms with van der Waals surface area (Å²) in [7, 11) is 0. The van der Waals surface area contributed by atoms with E-state index in [1.165, 1.54) is 31.3 Å². The van der Waals surface area contributed by atoms with Crippen molar-refractivity contribution in [2.75, 3.05) is 19.6 Å². The standard InChI is InChI=1S/C27H43F2NO2/c1-18(16-30-11-9-20(17-30)14-26(28)29)24-7-8-25-21(4-3-10-27(24,25)2)6-5-19-12-22(31)15-23(32)13-19/h5-6,18,20,22-26,31-32H,3-4,7-17H2,1-2H3/t18?,20?,22-,23-,24-,25+,27-/m1/s1. The number of alkyl halides is 2. The fourth-order valence-corrected chi connectivity index (χ4v) is 7.80. The molecule has 4 fully saturated rings. The van der Waals surface area contributed by atoms with Crippen LogP contribution in [0.3, 0.4) is 0 Å². The molecule has 0 spiro atoms. The van der Waals surface area contributed by atoms with Gasteiger partial charge in [0.05, 0.1) is 12.2 Å². The summed E-state index contributed by atoms with van der Waals surface area (Å²) in [5, 5.41) is 20.0. The molecule has 0 radical (unpaired) electrons. The summed E-state index contributed by atoms with van der Waals surface area (Å²) in [5.74, 6) is 2.08. The second kappa shape index (κ2) is 10.2. The Labute approximate surface area is 193 Å². The van der Waals surface area contributed by atoms with E-state index in [9.17, 15) is 19.0 Å². The second-order valence-electron chi connectivity index (χ2n) is 11.6. The largest absolute Gasteiger partial charge is 0.393 e. The second-order valence-corrected chi connectivity index (χ2v) is 11.6. The average Bonchev–Trinajstić information content (AvgIpc) is 3.28. The van der Waals surface area contributed by atoms with Crippen LogP contribution in [0.1, 0.15) is 78.1 Å². The quantitative estimate of drug-likeness (QED) is 0.554. The zero-order valence-corrected chi connectivity index (χ0v) is 20.0. The molecule has 0 aromatic carbocycles. The van der Waals surface area contributed by atoms with E-state index in [2.05, 4.69) is 30.9 Å². The number of fused-ring (bicyclic) bond motifs is 1. The first-order chi connectivity index (χ1) is 15.2. The van der Waals surface area contributed by atoms with Crippen LogP contribution in [0, 0.1) is 29.1 Å². The van der Waals surface area contributed by atoms with Gasteiger partial charge in [-0.2, -0.15) is 0 Å². The van der Waals surface area contributed by atoms with Gasteiger partial charge in [-0.1, -0.05) is 37.1 Å². The topological polar surface area (TPSA) is 43.7 Å². The summed E-state index contributed by atoms with van der Waals surface area (Å²) in [4.78, 5) is 2.44. The Morgan fingerprint density at radius 1 is 1.12 bits per heavy atom. The van der Waals surface area contributed by atoms with Crippen LogP contribution < -0.4 is 0 Å². The Bertz CT molecular complexity index is 696. The smallest absolute Gasteiger partial charge is 0.238 e. The van der Waals surface area contributed by atoms with Gasteiger partial charge in [-0.05, 0) is 93.4 Å². The molecule has 2 unspecified atom stereocenters. The maximum atomic E-state index is 12.8. The predicted molar refractivity (Wildman–Crippen MR) is 125 cm³/mol. The highest BCUT2D eigenvalue weighted by atomic mass is 19.3. The molecule has 7 atom stereocenters. The van der Waals surface area contributed by atoms with Crippen LogP contribution in [0.25, 0.3) is 0 Å². The Balaban J connectivity index is 1.39. The highest BCUT2D eigenvalue weighted by Crippen LogP contribution is 2.59. The highest BCUT2D eigenvalue weighted by molar-refractivity contribution is 5.26. The van der Waals surface area contributed by atoms with Crippen LogP contribution >= 0.6 is 0 Å². The number of halogens is 2. The lowest BCUT2D eigenvalue weighted by atomic mass is 9.61. The van der Waals surface area contributed by atoms with Crippen molar-refractivity contribution in [3.8, 4) is 0 Å². The Morgan fingerprint density at radius 3 is 2.59 bits per heavy atom. The van der Waals surface area contributed by atoms with Crippen molar-refractivity contribution in [3.05, 3.63) is 23.3 Å². The molecule has 4 rings (SSSR count). The highest BCUT2D eigenvalue weighted by Gasteiger charge is 2.50. The molecule has 0 amide bonds. The number of hydrogen-bond donors (Lipinski definition) is 2. The minimum absolute atomic E-state index is 0.0613. The summed E-state index contributed by atoms with van der Waals surface area (Å²) < 4.78 is 25.5. The van der Waals surface area contributed by atoms with Gasteiger partial charge in [-0.15, -0.1) is 0 Å². The van der Waals surface area contributed by atoms with Gasteiger partial charge in [0.2, 0.25) is 6.43 Å². The number of aliphatic hydroxyl groups excluding tert-OH is 2. The van der Waals surface area contributed by atoms with Gasteiger partial charge in [-0.3, -0.25) is 0 Å². The molecule has 2 N–H and O–H groups in total. The summed E-state index contributed by atoms with van der Waals surface area (Å²) >= 11 is 0. The number of allylic oxidation sites excluding steroid dienone is 3. The lowest BCUT2D eigenvalue weighted by molar-refractivity contribution is 0.0609.